The molecule has 2 aromatic rings. The summed E-state index contributed by atoms with van der Waals surface area (Å²) in [6.07, 6.45) is 5.44. The molecule has 0 aliphatic heterocycles. The molecule has 1 aromatic heterocycles. The molecule has 0 atom stereocenters. The topological polar surface area (TPSA) is 17.1 Å². The average Bonchev–Trinajstić information content (AvgIpc) is 2.59. The van der Waals surface area contributed by atoms with Crippen molar-refractivity contribution in [2.75, 3.05) is 0 Å². The van der Waals surface area contributed by atoms with Crippen LogP contribution < -0.4 is 5.43 Å². The summed E-state index contributed by atoms with van der Waals surface area (Å²) in [7, 11) is 5.94. The molecular weight excluding hydrogens is 251 g/mol. The second-order valence-corrected chi connectivity index (χ2v) is 5.72. The van der Waals surface area contributed by atoms with Crippen LogP contribution in [0.25, 0.3) is 15.7 Å². The van der Waals surface area contributed by atoms with Gasteiger partial charge in [0, 0.05) is 20.5 Å². The van der Waals surface area contributed by atoms with E-state index in [-0.39, 0.29) is 5.43 Å². The maximum absolute atomic E-state index is 12.6. The van der Waals surface area contributed by atoms with Crippen LogP contribution in [0, 0.1) is 0 Å². The highest BCUT2D eigenvalue weighted by molar-refractivity contribution is 7.19. The number of benzene rings is 1. The standard InChI is InChI=1S/C16H13BOS/c1-2-10-9-11(17)7-8-13-15(18)12-5-3-4-6-14(12)19-16(10)13/h3-7,9H,2,8H2,1H3. The first-order chi connectivity index (χ1) is 9.20. The Kier molecular flexibility index (Phi) is 3.15. The largest absolute Gasteiger partial charge is 0.289 e. The second kappa shape index (κ2) is 4.82. The van der Waals surface area contributed by atoms with Crippen molar-refractivity contribution in [2.45, 2.75) is 19.8 Å². The van der Waals surface area contributed by atoms with Crippen LogP contribution in [-0.2, 0) is 6.42 Å². The molecule has 1 aromatic carbocycles. The average molecular weight is 264 g/mol. The summed E-state index contributed by atoms with van der Waals surface area (Å²) >= 11 is 1.69. The first kappa shape index (κ1) is 12.4. The van der Waals surface area contributed by atoms with Gasteiger partial charge in [-0.05, 0) is 30.5 Å². The Morgan fingerprint density at radius 1 is 1.32 bits per heavy atom. The highest BCUT2D eigenvalue weighted by Gasteiger charge is 2.15. The molecule has 1 heterocycles. The lowest BCUT2D eigenvalue weighted by Gasteiger charge is -2.09. The highest BCUT2D eigenvalue weighted by atomic mass is 32.1. The fourth-order valence-corrected chi connectivity index (χ4v) is 3.70. The molecule has 0 fully saturated rings. The molecule has 0 unspecified atom stereocenters. The van der Waals surface area contributed by atoms with Gasteiger partial charge < -0.3 is 0 Å². The summed E-state index contributed by atoms with van der Waals surface area (Å²) in [6, 6.07) is 7.81. The SMILES string of the molecule is [B]C1=CCc2c(sc3ccccc3c2=O)C(CC)=C1. The Labute approximate surface area is 117 Å². The molecule has 0 spiro atoms. The van der Waals surface area contributed by atoms with E-state index in [1.54, 1.807) is 11.3 Å². The first-order valence-electron chi connectivity index (χ1n) is 6.42. The van der Waals surface area contributed by atoms with Crippen LogP contribution >= 0.6 is 11.3 Å². The molecule has 0 N–H and O–H groups in total. The third-order valence-electron chi connectivity index (χ3n) is 3.45. The molecule has 0 bridgehead atoms. The number of hydrogen-bond donors (Lipinski definition) is 0. The van der Waals surface area contributed by atoms with Gasteiger partial charge in [-0.2, -0.15) is 0 Å². The van der Waals surface area contributed by atoms with E-state index in [9.17, 15) is 4.79 Å². The molecular formula is C16H13BOS. The monoisotopic (exact) mass is 264 g/mol. The molecule has 0 amide bonds. The van der Waals surface area contributed by atoms with Gasteiger partial charge in [-0.25, -0.2) is 0 Å². The molecule has 1 nitrogen and oxygen atoms in total. The van der Waals surface area contributed by atoms with Crippen LogP contribution in [0.3, 0.4) is 0 Å². The Morgan fingerprint density at radius 3 is 2.89 bits per heavy atom. The van der Waals surface area contributed by atoms with E-state index >= 15 is 0 Å². The molecule has 1 aliphatic carbocycles. The van der Waals surface area contributed by atoms with Gasteiger partial charge in [0.1, 0.15) is 7.85 Å². The molecule has 3 rings (SSSR count). The zero-order valence-electron chi connectivity index (χ0n) is 10.8. The second-order valence-electron chi connectivity index (χ2n) is 4.67. The van der Waals surface area contributed by atoms with Crippen LogP contribution in [-0.4, -0.2) is 7.85 Å². The number of allylic oxidation sites excluding steroid dienone is 4. The van der Waals surface area contributed by atoms with Crippen molar-refractivity contribution in [2.24, 2.45) is 0 Å². The minimum absolute atomic E-state index is 0.148. The van der Waals surface area contributed by atoms with Crippen molar-refractivity contribution in [1.82, 2.24) is 0 Å². The van der Waals surface area contributed by atoms with Gasteiger partial charge in [0.05, 0.1) is 0 Å². The van der Waals surface area contributed by atoms with Crippen molar-refractivity contribution in [3.63, 3.8) is 0 Å². The van der Waals surface area contributed by atoms with Crippen molar-refractivity contribution in [1.29, 1.82) is 0 Å². The summed E-state index contributed by atoms with van der Waals surface area (Å²) < 4.78 is 1.05. The Hall–Kier alpha value is -1.61. The van der Waals surface area contributed by atoms with E-state index < -0.39 is 0 Å². The summed E-state index contributed by atoms with van der Waals surface area (Å²) in [6.45, 7) is 2.10. The maximum Gasteiger partial charge on any atom is 0.192 e. The lowest BCUT2D eigenvalue weighted by Crippen LogP contribution is -2.10. The smallest absolute Gasteiger partial charge is 0.192 e. The predicted octanol–water partition coefficient (Wildman–Crippen LogP) is 3.66. The summed E-state index contributed by atoms with van der Waals surface area (Å²) in [5.74, 6) is 0. The molecule has 0 saturated heterocycles. The first-order valence-corrected chi connectivity index (χ1v) is 7.23. The van der Waals surface area contributed by atoms with Crippen molar-refractivity contribution >= 4 is 34.8 Å². The van der Waals surface area contributed by atoms with Gasteiger partial charge in [0.15, 0.2) is 5.43 Å². The van der Waals surface area contributed by atoms with E-state index in [1.165, 1.54) is 0 Å². The van der Waals surface area contributed by atoms with Gasteiger partial charge in [0.25, 0.3) is 0 Å². The maximum atomic E-state index is 12.6. The Morgan fingerprint density at radius 2 is 2.11 bits per heavy atom. The highest BCUT2D eigenvalue weighted by Crippen LogP contribution is 2.32. The zero-order chi connectivity index (χ0) is 13.4. The van der Waals surface area contributed by atoms with E-state index in [2.05, 4.69) is 6.92 Å². The van der Waals surface area contributed by atoms with E-state index in [4.69, 9.17) is 7.85 Å². The van der Waals surface area contributed by atoms with Crippen LogP contribution in [0.5, 0.6) is 0 Å². The third kappa shape index (κ3) is 2.08. The van der Waals surface area contributed by atoms with Crippen molar-refractivity contribution < 1.29 is 0 Å². The number of hydrogen-bond acceptors (Lipinski definition) is 2. The lowest BCUT2D eigenvalue weighted by molar-refractivity contribution is 1.21. The van der Waals surface area contributed by atoms with Gasteiger partial charge >= 0.3 is 0 Å². The van der Waals surface area contributed by atoms with E-state index in [0.717, 1.165) is 38.0 Å². The van der Waals surface area contributed by atoms with Crippen molar-refractivity contribution in [3.05, 3.63) is 62.6 Å². The normalized spacial score (nSPS) is 14.6. The molecule has 2 radical (unpaired) electrons. The zero-order valence-corrected chi connectivity index (χ0v) is 11.6. The molecule has 3 heteroatoms. The molecule has 19 heavy (non-hydrogen) atoms. The Bertz CT molecular complexity index is 768. The fraction of sp³-hybridized carbons (Fsp3) is 0.188. The van der Waals surface area contributed by atoms with Crippen LogP contribution in [0.2, 0.25) is 0 Å². The van der Waals surface area contributed by atoms with Crippen LogP contribution in [0.4, 0.5) is 0 Å². The molecule has 1 aliphatic rings. The predicted molar refractivity (Wildman–Crippen MR) is 83.9 cm³/mol. The fourth-order valence-electron chi connectivity index (χ4n) is 2.43. The molecule has 92 valence electrons. The lowest BCUT2D eigenvalue weighted by atomic mass is 9.93. The number of fused-ring (bicyclic) bond motifs is 2. The Balaban J connectivity index is 2.40. The quantitative estimate of drug-likeness (QED) is 0.718. The van der Waals surface area contributed by atoms with Gasteiger partial charge in [-0.3, -0.25) is 4.79 Å². The van der Waals surface area contributed by atoms with E-state index in [1.807, 2.05) is 36.4 Å². The number of rotatable bonds is 1. The van der Waals surface area contributed by atoms with E-state index in [0.29, 0.717) is 6.42 Å². The van der Waals surface area contributed by atoms with Crippen molar-refractivity contribution in [3.8, 4) is 0 Å². The summed E-state index contributed by atoms with van der Waals surface area (Å²) in [5, 5.41) is 0.815. The third-order valence-corrected chi connectivity index (χ3v) is 4.74. The minimum Gasteiger partial charge on any atom is -0.289 e. The van der Waals surface area contributed by atoms with Crippen LogP contribution in [0.1, 0.15) is 23.8 Å². The summed E-state index contributed by atoms with van der Waals surface area (Å²) in [4.78, 5) is 13.7. The summed E-state index contributed by atoms with van der Waals surface area (Å²) in [5.41, 5.74) is 2.95. The van der Waals surface area contributed by atoms with Gasteiger partial charge in [0.2, 0.25) is 0 Å². The van der Waals surface area contributed by atoms with Gasteiger partial charge in [-0.15, -0.1) is 11.3 Å². The minimum atomic E-state index is 0.148. The molecule has 0 saturated carbocycles. The van der Waals surface area contributed by atoms with Crippen LogP contribution in [0.15, 0.2) is 46.7 Å². The van der Waals surface area contributed by atoms with Gasteiger partial charge in [-0.1, -0.05) is 36.7 Å².